The fourth-order valence-electron chi connectivity index (χ4n) is 2.72. The van der Waals surface area contributed by atoms with Gasteiger partial charge in [0, 0.05) is 19.1 Å². The number of piperidine rings is 1. The van der Waals surface area contributed by atoms with Gasteiger partial charge in [0.05, 0.1) is 5.25 Å². The second-order valence-corrected chi connectivity index (χ2v) is 7.74. The molecule has 0 radical (unpaired) electrons. The highest BCUT2D eigenvalue weighted by Crippen LogP contribution is 2.33. The van der Waals surface area contributed by atoms with Gasteiger partial charge < -0.3 is 5.73 Å². The Hall–Kier alpha value is -0.390. The highest BCUT2D eigenvalue weighted by molar-refractivity contribution is 7.89. The van der Waals surface area contributed by atoms with Crippen molar-refractivity contribution < 1.29 is 8.42 Å². The van der Waals surface area contributed by atoms with Gasteiger partial charge in [0.15, 0.2) is 0 Å². The zero-order chi connectivity index (χ0) is 13.2. The Morgan fingerprint density at radius 1 is 1.28 bits per heavy atom. The quantitative estimate of drug-likeness (QED) is 0.771. The lowest BCUT2D eigenvalue weighted by molar-refractivity contribution is 0.287. The van der Waals surface area contributed by atoms with Crippen molar-refractivity contribution in [2.24, 2.45) is 11.7 Å². The molecule has 2 aliphatic rings. The molecule has 0 bridgehead atoms. The molecule has 2 fully saturated rings. The van der Waals surface area contributed by atoms with Gasteiger partial charge in [-0.15, -0.1) is 6.58 Å². The Morgan fingerprint density at radius 3 is 2.33 bits per heavy atom. The molecule has 0 spiro atoms. The van der Waals surface area contributed by atoms with Crippen LogP contribution in [-0.2, 0) is 10.0 Å². The van der Waals surface area contributed by atoms with E-state index in [1.54, 1.807) is 10.4 Å². The van der Waals surface area contributed by atoms with E-state index < -0.39 is 15.3 Å². The molecule has 1 heterocycles. The van der Waals surface area contributed by atoms with Gasteiger partial charge in [-0.25, -0.2) is 12.7 Å². The molecule has 0 aromatic rings. The van der Waals surface area contributed by atoms with Gasteiger partial charge >= 0.3 is 0 Å². The molecule has 2 rings (SSSR count). The van der Waals surface area contributed by atoms with E-state index in [-0.39, 0.29) is 6.04 Å². The summed E-state index contributed by atoms with van der Waals surface area (Å²) in [5, 5.41) is -0.405. The molecular formula is C13H24N2O2S. The zero-order valence-electron chi connectivity index (χ0n) is 10.9. The molecule has 2 N–H and O–H groups in total. The van der Waals surface area contributed by atoms with E-state index >= 15 is 0 Å². The van der Waals surface area contributed by atoms with Crippen LogP contribution in [0.3, 0.4) is 0 Å². The molecule has 1 unspecified atom stereocenters. The van der Waals surface area contributed by atoms with E-state index in [4.69, 9.17) is 5.73 Å². The summed E-state index contributed by atoms with van der Waals surface area (Å²) in [6, 6.07) is 0.158. The second kappa shape index (κ2) is 5.72. The van der Waals surface area contributed by atoms with Crippen molar-refractivity contribution in [1.29, 1.82) is 0 Å². The fraction of sp³-hybridized carbons (Fsp3) is 0.846. The summed E-state index contributed by atoms with van der Waals surface area (Å²) in [6.07, 6.45) is 7.48. The van der Waals surface area contributed by atoms with E-state index in [1.807, 2.05) is 0 Å². The molecule has 1 aliphatic carbocycles. The van der Waals surface area contributed by atoms with Crippen molar-refractivity contribution in [2.75, 3.05) is 13.1 Å². The molecule has 104 valence electrons. The normalized spacial score (nSPS) is 25.6. The summed E-state index contributed by atoms with van der Waals surface area (Å²) in [6.45, 7) is 4.85. The predicted molar refractivity (Wildman–Crippen MR) is 73.6 cm³/mol. The average Bonchev–Trinajstić information content (AvgIpc) is 2.28. The second-order valence-electron chi connectivity index (χ2n) is 5.59. The molecule has 4 nitrogen and oxygen atoms in total. The highest BCUT2D eigenvalue weighted by atomic mass is 32.2. The number of rotatable bonds is 5. The van der Waals surface area contributed by atoms with Crippen LogP contribution in [-0.4, -0.2) is 37.1 Å². The fourth-order valence-corrected chi connectivity index (χ4v) is 4.58. The van der Waals surface area contributed by atoms with Gasteiger partial charge in [-0.1, -0.05) is 25.3 Å². The van der Waals surface area contributed by atoms with Gasteiger partial charge in [0.2, 0.25) is 10.0 Å². The monoisotopic (exact) mass is 272 g/mol. The largest absolute Gasteiger partial charge is 0.328 e. The minimum absolute atomic E-state index is 0.158. The maximum absolute atomic E-state index is 12.5. The Labute approximate surface area is 110 Å². The maximum atomic E-state index is 12.5. The number of nitrogens with two attached hydrogens (primary N) is 1. The van der Waals surface area contributed by atoms with Crippen molar-refractivity contribution >= 4 is 10.0 Å². The van der Waals surface area contributed by atoms with Crippen LogP contribution >= 0.6 is 0 Å². The van der Waals surface area contributed by atoms with Gasteiger partial charge in [0.25, 0.3) is 0 Å². The molecule has 1 saturated heterocycles. The number of hydrogen-bond donors (Lipinski definition) is 1. The van der Waals surface area contributed by atoms with E-state index in [0.717, 1.165) is 19.3 Å². The summed E-state index contributed by atoms with van der Waals surface area (Å²) in [5.74, 6) is 0.579. The maximum Gasteiger partial charge on any atom is 0.220 e. The van der Waals surface area contributed by atoms with Gasteiger partial charge in [-0.05, 0) is 25.2 Å². The lowest BCUT2D eigenvalue weighted by atomic mass is 9.82. The third-order valence-corrected chi connectivity index (χ3v) is 6.53. The smallest absolute Gasteiger partial charge is 0.220 e. The molecule has 1 atom stereocenters. The van der Waals surface area contributed by atoms with Crippen LogP contribution in [0.4, 0.5) is 0 Å². The van der Waals surface area contributed by atoms with E-state index in [9.17, 15) is 8.42 Å². The van der Waals surface area contributed by atoms with Crippen molar-refractivity contribution in [2.45, 2.75) is 49.8 Å². The molecule has 0 amide bonds. The summed E-state index contributed by atoms with van der Waals surface area (Å²) >= 11 is 0. The summed E-state index contributed by atoms with van der Waals surface area (Å²) in [4.78, 5) is 0. The zero-order valence-corrected chi connectivity index (χ0v) is 11.7. The number of hydrogen-bond acceptors (Lipinski definition) is 3. The Bertz CT molecular complexity index is 382. The third kappa shape index (κ3) is 2.95. The van der Waals surface area contributed by atoms with Crippen LogP contribution < -0.4 is 5.73 Å². The number of sulfonamides is 1. The Morgan fingerprint density at radius 2 is 1.89 bits per heavy atom. The van der Waals surface area contributed by atoms with Gasteiger partial charge in [0.1, 0.15) is 0 Å². The van der Waals surface area contributed by atoms with Crippen molar-refractivity contribution in [3.05, 3.63) is 12.7 Å². The number of nitrogens with zero attached hydrogens (tertiary/aromatic N) is 1. The van der Waals surface area contributed by atoms with E-state index in [0.29, 0.717) is 19.0 Å². The predicted octanol–water partition coefficient (Wildman–Crippen LogP) is 1.48. The lowest BCUT2D eigenvalue weighted by Crippen LogP contribution is -2.46. The molecule has 1 saturated carbocycles. The summed E-state index contributed by atoms with van der Waals surface area (Å²) in [5.41, 5.74) is 5.82. The van der Waals surface area contributed by atoms with Crippen LogP contribution in [0.1, 0.15) is 38.5 Å². The molecular weight excluding hydrogens is 248 g/mol. The first-order valence-electron chi connectivity index (χ1n) is 6.91. The van der Waals surface area contributed by atoms with E-state index in [2.05, 4.69) is 6.58 Å². The van der Waals surface area contributed by atoms with Crippen LogP contribution in [0.25, 0.3) is 0 Å². The van der Waals surface area contributed by atoms with Gasteiger partial charge in [-0.3, -0.25) is 0 Å². The van der Waals surface area contributed by atoms with Crippen LogP contribution in [0.2, 0.25) is 0 Å². The van der Waals surface area contributed by atoms with Crippen molar-refractivity contribution in [3.8, 4) is 0 Å². The minimum atomic E-state index is -3.21. The molecule has 0 aromatic heterocycles. The molecule has 18 heavy (non-hydrogen) atoms. The first kappa shape index (κ1) is 14.0. The minimum Gasteiger partial charge on any atom is -0.328 e. The summed E-state index contributed by atoms with van der Waals surface area (Å²) in [7, 11) is -3.21. The SMILES string of the molecule is C=CC(CC1CCC1)S(=O)(=O)N1CCC(N)CC1. The van der Waals surface area contributed by atoms with Gasteiger partial charge in [-0.2, -0.15) is 0 Å². The highest BCUT2D eigenvalue weighted by Gasteiger charge is 2.34. The van der Waals surface area contributed by atoms with Crippen molar-refractivity contribution in [3.63, 3.8) is 0 Å². The Balaban J connectivity index is 2.00. The molecule has 1 aliphatic heterocycles. The Kier molecular flexibility index (Phi) is 4.45. The van der Waals surface area contributed by atoms with Crippen LogP contribution in [0.15, 0.2) is 12.7 Å². The van der Waals surface area contributed by atoms with Crippen molar-refractivity contribution in [1.82, 2.24) is 4.31 Å². The first-order valence-corrected chi connectivity index (χ1v) is 8.41. The van der Waals surface area contributed by atoms with E-state index in [1.165, 1.54) is 19.3 Å². The molecule has 0 aromatic carbocycles. The van der Waals surface area contributed by atoms with Crippen LogP contribution in [0, 0.1) is 5.92 Å². The average molecular weight is 272 g/mol. The topological polar surface area (TPSA) is 63.4 Å². The third-order valence-electron chi connectivity index (χ3n) is 4.29. The van der Waals surface area contributed by atoms with Crippen LogP contribution in [0.5, 0.6) is 0 Å². The molecule has 5 heteroatoms. The lowest BCUT2D eigenvalue weighted by Gasteiger charge is -2.34. The first-order chi connectivity index (χ1) is 8.54. The summed E-state index contributed by atoms with van der Waals surface area (Å²) < 4.78 is 26.6. The standard InChI is InChI=1S/C13H24N2O2S/c1-2-13(10-11-4-3-5-11)18(16,17)15-8-6-12(14)7-9-15/h2,11-13H,1,3-10,14H2.